The topological polar surface area (TPSA) is 26.3 Å². The SMILES string of the molecule is CCCCCOC(=O)C(C(C)C(C)(C)C)C(C)(C)C. The van der Waals surface area contributed by atoms with Crippen molar-refractivity contribution in [2.24, 2.45) is 22.7 Å². The van der Waals surface area contributed by atoms with Crippen molar-refractivity contribution in [3.8, 4) is 0 Å². The van der Waals surface area contributed by atoms with Crippen molar-refractivity contribution < 1.29 is 9.53 Å². The van der Waals surface area contributed by atoms with Gasteiger partial charge >= 0.3 is 5.97 Å². The molecule has 0 aliphatic heterocycles. The predicted octanol–water partition coefficient (Wildman–Crippen LogP) is 5.06. The zero-order valence-electron chi connectivity index (χ0n) is 14.3. The van der Waals surface area contributed by atoms with Crippen LogP contribution in [0.15, 0.2) is 0 Å². The first-order valence-electron chi connectivity index (χ1n) is 7.68. The van der Waals surface area contributed by atoms with Crippen LogP contribution in [0.3, 0.4) is 0 Å². The van der Waals surface area contributed by atoms with Gasteiger partial charge in [0.1, 0.15) is 0 Å². The molecule has 0 heterocycles. The van der Waals surface area contributed by atoms with Gasteiger partial charge in [0.2, 0.25) is 0 Å². The van der Waals surface area contributed by atoms with Crippen LogP contribution < -0.4 is 0 Å². The van der Waals surface area contributed by atoms with E-state index in [0.717, 1.165) is 19.3 Å². The second-order valence-electron chi connectivity index (χ2n) is 7.87. The normalized spacial score (nSPS) is 16.0. The van der Waals surface area contributed by atoms with Gasteiger partial charge in [0, 0.05) is 0 Å². The third-order valence-corrected chi connectivity index (χ3v) is 4.05. The zero-order chi connectivity index (χ0) is 15.3. The Hall–Kier alpha value is -0.530. The lowest BCUT2D eigenvalue weighted by Gasteiger charge is -2.40. The van der Waals surface area contributed by atoms with Crippen molar-refractivity contribution in [2.75, 3.05) is 6.61 Å². The maximum Gasteiger partial charge on any atom is 0.309 e. The number of hydrogen-bond donors (Lipinski definition) is 0. The van der Waals surface area contributed by atoms with Crippen molar-refractivity contribution in [1.82, 2.24) is 0 Å². The summed E-state index contributed by atoms with van der Waals surface area (Å²) in [4.78, 5) is 12.4. The fourth-order valence-electron chi connectivity index (χ4n) is 2.42. The van der Waals surface area contributed by atoms with Gasteiger partial charge in [-0.05, 0) is 23.2 Å². The highest BCUT2D eigenvalue weighted by atomic mass is 16.5. The van der Waals surface area contributed by atoms with E-state index in [-0.39, 0.29) is 22.7 Å². The number of rotatable bonds is 6. The molecule has 0 fully saturated rings. The lowest BCUT2D eigenvalue weighted by Crippen LogP contribution is -2.40. The molecular weight excluding hydrogens is 236 g/mol. The average molecular weight is 270 g/mol. The summed E-state index contributed by atoms with van der Waals surface area (Å²) in [7, 11) is 0. The summed E-state index contributed by atoms with van der Waals surface area (Å²) >= 11 is 0. The molecule has 19 heavy (non-hydrogen) atoms. The summed E-state index contributed by atoms with van der Waals surface area (Å²) in [6.45, 7) is 17.9. The Labute approximate surface area is 120 Å². The number of unbranched alkanes of at least 4 members (excludes halogenated alkanes) is 2. The van der Waals surface area contributed by atoms with E-state index in [1.165, 1.54) is 0 Å². The molecule has 0 saturated heterocycles. The largest absolute Gasteiger partial charge is 0.465 e. The van der Waals surface area contributed by atoms with Crippen LogP contribution in [0.1, 0.15) is 74.7 Å². The van der Waals surface area contributed by atoms with E-state index in [0.29, 0.717) is 12.5 Å². The van der Waals surface area contributed by atoms with E-state index in [2.05, 4.69) is 55.4 Å². The van der Waals surface area contributed by atoms with E-state index in [9.17, 15) is 4.79 Å². The number of esters is 1. The molecule has 0 radical (unpaired) electrons. The summed E-state index contributed by atoms with van der Waals surface area (Å²) < 4.78 is 5.51. The lowest BCUT2D eigenvalue weighted by molar-refractivity contribution is -0.157. The first-order valence-corrected chi connectivity index (χ1v) is 7.68. The Bertz CT molecular complexity index is 268. The highest BCUT2D eigenvalue weighted by molar-refractivity contribution is 5.73. The zero-order valence-corrected chi connectivity index (χ0v) is 14.3. The summed E-state index contributed by atoms with van der Waals surface area (Å²) in [6.07, 6.45) is 3.25. The molecule has 0 aliphatic carbocycles. The molecule has 2 unspecified atom stereocenters. The lowest BCUT2D eigenvalue weighted by atomic mass is 9.65. The average Bonchev–Trinajstić information content (AvgIpc) is 2.21. The molecule has 2 atom stereocenters. The summed E-state index contributed by atoms with van der Waals surface area (Å²) in [5.74, 6) is 0.228. The summed E-state index contributed by atoms with van der Waals surface area (Å²) in [6, 6.07) is 0. The summed E-state index contributed by atoms with van der Waals surface area (Å²) in [5.41, 5.74) is 0.0505. The van der Waals surface area contributed by atoms with E-state index in [1.54, 1.807) is 0 Å². The Morgan fingerprint density at radius 2 is 1.53 bits per heavy atom. The molecule has 0 rings (SSSR count). The minimum Gasteiger partial charge on any atom is -0.465 e. The first-order chi connectivity index (χ1) is 8.51. The second kappa shape index (κ2) is 7.31. The molecule has 0 saturated carbocycles. The molecule has 0 aromatic carbocycles. The Balaban J connectivity index is 4.74. The van der Waals surface area contributed by atoms with Crippen LogP contribution in [-0.2, 0) is 9.53 Å². The molecular formula is C17H34O2. The number of carbonyl (C=O) groups excluding carboxylic acids is 1. The van der Waals surface area contributed by atoms with Crippen molar-refractivity contribution in [1.29, 1.82) is 0 Å². The second-order valence-corrected chi connectivity index (χ2v) is 7.87. The van der Waals surface area contributed by atoms with Crippen LogP contribution in [0.25, 0.3) is 0 Å². The van der Waals surface area contributed by atoms with Crippen LogP contribution >= 0.6 is 0 Å². The third-order valence-electron chi connectivity index (χ3n) is 4.05. The molecule has 2 nitrogen and oxygen atoms in total. The summed E-state index contributed by atoms with van der Waals surface area (Å²) in [5, 5.41) is 0. The molecule has 0 aromatic heterocycles. The van der Waals surface area contributed by atoms with Gasteiger partial charge in [-0.2, -0.15) is 0 Å². The molecule has 0 amide bonds. The first kappa shape index (κ1) is 18.5. The van der Waals surface area contributed by atoms with Gasteiger partial charge < -0.3 is 4.74 Å². The fraction of sp³-hybridized carbons (Fsp3) is 0.941. The van der Waals surface area contributed by atoms with E-state index >= 15 is 0 Å². The Morgan fingerprint density at radius 1 is 1.00 bits per heavy atom. The number of hydrogen-bond acceptors (Lipinski definition) is 2. The van der Waals surface area contributed by atoms with Crippen molar-refractivity contribution in [3.05, 3.63) is 0 Å². The van der Waals surface area contributed by atoms with Gasteiger partial charge in [0.05, 0.1) is 12.5 Å². The van der Waals surface area contributed by atoms with Gasteiger partial charge in [-0.15, -0.1) is 0 Å². The van der Waals surface area contributed by atoms with Crippen molar-refractivity contribution >= 4 is 5.97 Å². The van der Waals surface area contributed by atoms with Gasteiger partial charge in [-0.25, -0.2) is 0 Å². The highest BCUT2D eigenvalue weighted by Gasteiger charge is 2.41. The maximum atomic E-state index is 12.4. The molecule has 2 heteroatoms. The van der Waals surface area contributed by atoms with Crippen LogP contribution in [-0.4, -0.2) is 12.6 Å². The van der Waals surface area contributed by atoms with E-state index in [4.69, 9.17) is 4.74 Å². The third kappa shape index (κ3) is 6.44. The Morgan fingerprint density at radius 3 is 1.89 bits per heavy atom. The molecule has 114 valence electrons. The van der Waals surface area contributed by atoms with E-state index < -0.39 is 0 Å². The van der Waals surface area contributed by atoms with E-state index in [1.807, 2.05) is 0 Å². The van der Waals surface area contributed by atoms with Crippen LogP contribution in [0.2, 0.25) is 0 Å². The molecule has 0 aromatic rings. The van der Waals surface area contributed by atoms with Crippen molar-refractivity contribution in [2.45, 2.75) is 74.7 Å². The smallest absolute Gasteiger partial charge is 0.309 e. The molecule has 0 spiro atoms. The van der Waals surface area contributed by atoms with Gasteiger partial charge in [-0.1, -0.05) is 68.2 Å². The number of carbonyl (C=O) groups is 1. The molecule has 0 aliphatic rings. The highest BCUT2D eigenvalue weighted by Crippen LogP contribution is 2.41. The quantitative estimate of drug-likeness (QED) is 0.498. The van der Waals surface area contributed by atoms with Crippen LogP contribution in [0.4, 0.5) is 0 Å². The van der Waals surface area contributed by atoms with Crippen molar-refractivity contribution in [3.63, 3.8) is 0 Å². The van der Waals surface area contributed by atoms with Gasteiger partial charge in [0.15, 0.2) is 0 Å². The van der Waals surface area contributed by atoms with Crippen LogP contribution in [0.5, 0.6) is 0 Å². The maximum absolute atomic E-state index is 12.4. The van der Waals surface area contributed by atoms with Gasteiger partial charge in [-0.3, -0.25) is 4.79 Å². The van der Waals surface area contributed by atoms with Crippen LogP contribution in [0, 0.1) is 22.7 Å². The Kier molecular flexibility index (Phi) is 7.10. The standard InChI is InChI=1S/C17H34O2/c1-9-10-11-12-19-15(18)14(17(6,7)8)13(2)16(3,4)5/h13-14H,9-12H2,1-8H3. The monoisotopic (exact) mass is 270 g/mol. The van der Waals surface area contributed by atoms with Gasteiger partial charge in [0.25, 0.3) is 0 Å². The fourth-order valence-corrected chi connectivity index (χ4v) is 2.42. The minimum absolute atomic E-state index is 0.0222. The number of ether oxygens (including phenoxy) is 1. The molecule has 0 bridgehead atoms. The molecule has 0 N–H and O–H groups in total. The predicted molar refractivity (Wildman–Crippen MR) is 82.0 cm³/mol. The minimum atomic E-state index is -0.0610.